The molecule has 0 N–H and O–H groups in total. The predicted octanol–water partition coefficient (Wildman–Crippen LogP) is -7.27. The van der Waals surface area contributed by atoms with Crippen molar-refractivity contribution in [1.29, 1.82) is 0 Å². The summed E-state index contributed by atoms with van der Waals surface area (Å²) in [6, 6.07) is 0. The molecule has 0 aliphatic rings. The Morgan fingerprint density at radius 2 is 0.476 bits per heavy atom. The SMILES string of the molecule is O=CC[O-].O=CC[O-].O=CC[O-].O=CC[O-].O=CC[O-].[V]. The Balaban J connectivity index is -0.0000000331. The monoisotopic (exact) mass is 346 g/mol. The van der Waals surface area contributed by atoms with Crippen LogP contribution >= 0.6 is 0 Å². The van der Waals surface area contributed by atoms with Gasteiger partial charge in [-0.3, -0.25) is 0 Å². The van der Waals surface area contributed by atoms with Crippen LogP contribution in [0, 0.1) is 0 Å². The van der Waals surface area contributed by atoms with Gasteiger partial charge in [0.25, 0.3) is 0 Å². The summed E-state index contributed by atoms with van der Waals surface area (Å²) in [6.07, 6.45) is 1.60. The fraction of sp³-hybridized carbons (Fsp3) is 0.500. The van der Waals surface area contributed by atoms with Gasteiger partial charge in [0.1, 0.15) is 31.4 Å². The second-order valence-corrected chi connectivity index (χ2v) is 1.67. The van der Waals surface area contributed by atoms with Crippen molar-refractivity contribution in [2.45, 2.75) is 0 Å². The first-order valence-electron chi connectivity index (χ1n) is 4.66. The van der Waals surface area contributed by atoms with E-state index in [9.17, 15) is 0 Å². The Hall–Kier alpha value is -1.27. The first kappa shape index (κ1) is 36.7. The molecule has 0 aliphatic heterocycles. The summed E-state index contributed by atoms with van der Waals surface area (Å²) < 4.78 is 0. The summed E-state index contributed by atoms with van der Waals surface area (Å²) in [6.45, 7) is -3.06. The van der Waals surface area contributed by atoms with E-state index < -0.39 is 33.0 Å². The molecule has 0 rings (SSSR count). The van der Waals surface area contributed by atoms with Gasteiger partial charge in [-0.05, 0) is 0 Å². The Kier molecular flexibility index (Phi) is 135. The summed E-state index contributed by atoms with van der Waals surface area (Å²) in [4.78, 5) is 44.3. The van der Waals surface area contributed by atoms with Crippen LogP contribution in [0.5, 0.6) is 0 Å². The van der Waals surface area contributed by atoms with E-state index in [0.29, 0.717) is 31.4 Å². The maximum absolute atomic E-state index is 8.93. The molecule has 0 heterocycles. The Labute approximate surface area is 133 Å². The minimum atomic E-state index is -0.611. The molecule has 0 aromatic heterocycles. The number of carbonyl (C=O) groups is 5. The molecule has 11 heteroatoms. The van der Waals surface area contributed by atoms with Crippen LogP contribution < -0.4 is 25.5 Å². The number of hydrogen-bond donors (Lipinski definition) is 0. The second-order valence-electron chi connectivity index (χ2n) is 1.67. The summed E-state index contributed by atoms with van der Waals surface area (Å²) >= 11 is 0. The molecule has 0 aromatic rings. The first-order valence-corrected chi connectivity index (χ1v) is 4.66. The molecule has 21 heavy (non-hydrogen) atoms. The van der Waals surface area contributed by atoms with Crippen LogP contribution in [0.2, 0.25) is 0 Å². The van der Waals surface area contributed by atoms with E-state index in [2.05, 4.69) is 0 Å². The van der Waals surface area contributed by atoms with Crippen molar-refractivity contribution in [3.8, 4) is 0 Å². The molecule has 0 saturated carbocycles. The average Bonchev–Trinajstić information content (AvgIpc) is 2.55. The van der Waals surface area contributed by atoms with Crippen LogP contribution in [0.3, 0.4) is 0 Å². The Bertz CT molecular complexity index is 142. The van der Waals surface area contributed by atoms with Gasteiger partial charge in [0.2, 0.25) is 0 Å². The summed E-state index contributed by atoms with van der Waals surface area (Å²) in [5.41, 5.74) is 0. The zero-order valence-corrected chi connectivity index (χ0v) is 12.3. The minimum absolute atomic E-state index is 0. The van der Waals surface area contributed by atoms with E-state index in [-0.39, 0.29) is 18.6 Å². The number of aldehydes is 5. The van der Waals surface area contributed by atoms with Crippen molar-refractivity contribution < 1.29 is 68.1 Å². The fourth-order valence-electron chi connectivity index (χ4n) is 0. The molecule has 0 bridgehead atoms. The van der Waals surface area contributed by atoms with Gasteiger partial charge in [0.15, 0.2) is 0 Å². The third-order valence-electron chi connectivity index (χ3n) is 0.340. The third-order valence-corrected chi connectivity index (χ3v) is 0.340. The maximum atomic E-state index is 8.93. The van der Waals surface area contributed by atoms with Gasteiger partial charge < -0.3 is 49.5 Å². The van der Waals surface area contributed by atoms with Gasteiger partial charge in [-0.25, -0.2) is 0 Å². The summed E-state index contributed by atoms with van der Waals surface area (Å²) in [5, 5.41) is 44.7. The normalized spacial score (nSPS) is 5.95. The number of rotatable bonds is 5. The van der Waals surface area contributed by atoms with Crippen molar-refractivity contribution in [1.82, 2.24) is 0 Å². The van der Waals surface area contributed by atoms with Gasteiger partial charge in [0.05, 0.1) is 0 Å². The van der Waals surface area contributed by atoms with E-state index in [0.717, 1.165) is 0 Å². The standard InChI is InChI=1S/5C2H3O2.V/c5*3-1-2-4;/h5*1H,2H2;/q5*-1;. The minimum Gasteiger partial charge on any atom is -0.849 e. The topological polar surface area (TPSA) is 201 Å². The van der Waals surface area contributed by atoms with E-state index in [1.54, 1.807) is 0 Å². The average molecular weight is 346 g/mol. The van der Waals surface area contributed by atoms with Gasteiger partial charge in [-0.15, -0.1) is 0 Å². The van der Waals surface area contributed by atoms with Crippen LogP contribution in [-0.2, 0) is 42.5 Å². The van der Waals surface area contributed by atoms with E-state index >= 15 is 0 Å². The summed E-state index contributed by atoms with van der Waals surface area (Å²) in [7, 11) is 0. The number of hydrogen-bond acceptors (Lipinski definition) is 10. The Morgan fingerprint density at radius 3 is 0.476 bits per heavy atom. The van der Waals surface area contributed by atoms with Crippen molar-refractivity contribution in [3.05, 3.63) is 0 Å². The van der Waals surface area contributed by atoms with Crippen molar-refractivity contribution in [2.75, 3.05) is 33.0 Å². The van der Waals surface area contributed by atoms with Gasteiger partial charge in [-0.1, -0.05) is 33.0 Å². The molecule has 0 spiro atoms. The summed E-state index contributed by atoms with van der Waals surface area (Å²) in [5.74, 6) is 0. The van der Waals surface area contributed by atoms with Crippen molar-refractivity contribution in [2.24, 2.45) is 0 Å². The zero-order valence-electron chi connectivity index (χ0n) is 11.0. The van der Waals surface area contributed by atoms with Crippen molar-refractivity contribution in [3.63, 3.8) is 0 Å². The molecule has 0 amide bonds. The van der Waals surface area contributed by atoms with E-state index in [4.69, 9.17) is 49.5 Å². The van der Waals surface area contributed by atoms with Crippen LogP contribution in [0.15, 0.2) is 0 Å². The third kappa shape index (κ3) is 376. The molecule has 0 saturated heterocycles. The molecule has 0 aromatic carbocycles. The molecular formula is C10H15O10V-5. The number of carbonyl (C=O) groups excluding carboxylic acids is 5. The molecule has 10 nitrogen and oxygen atoms in total. The molecule has 1 radical (unpaired) electrons. The molecule has 0 atom stereocenters. The molecule has 0 unspecified atom stereocenters. The smallest absolute Gasteiger partial charge is 0.103 e. The van der Waals surface area contributed by atoms with Crippen molar-refractivity contribution >= 4 is 31.4 Å². The van der Waals surface area contributed by atoms with Gasteiger partial charge in [0, 0.05) is 18.6 Å². The van der Waals surface area contributed by atoms with E-state index in [1.807, 2.05) is 0 Å². The van der Waals surface area contributed by atoms with Crippen LogP contribution in [0.1, 0.15) is 0 Å². The second kappa shape index (κ2) is 77.2. The van der Waals surface area contributed by atoms with Crippen LogP contribution in [0.25, 0.3) is 0 Å². The molecule has 125 valence electrons. The first-order chi connectivity index (χ1) is 9.57. The van der Waals surface area contributed by atoms with E-state index in [1.165, 1.54) is 0 Å². The quantitative estimate of drug-likeness (QED) is 0.430. The van der Waals surface area contributed by atoms with Crippen LogP contribution in [-0.4, -0.2) is 64.5 Å². The fourth-order valence-corrected chi connectivity index (χ4v) is 0. The van der Waals surface area contributed by atoms with Gasteiger partial charge in [-0.2, -0.15) is 0 Å². The molecule has 0 aliphatic carbocycles. The van der Waals surface area contributed by atoms with Gasteiger partial charge >= 0.3 is 0 Å². The largest absolute Gasteiger partial charge is 0.849 e. The predicted molar refractivity (Wildman–Crippen MR) is 54.7 cm³/mol. The molecule has 0 fully saturated rings. The van der Waals surface area contributed by atoms with Crippen LogP contribution in [0.4, 0.5) is 0 Å². The zero-order chi connectivity index (χ0) is 17.1. The molecular weight excluding hydrogens is 331 g/mol. The Morgan fingerprint density at radius 1 is 0.429 bits per heavy atom. The maximum Gasteiger partial charge on any atom is 0.103 e.